The van der Waals surface area contributed by atoms with Crippen LogP contribution in [0, 0.1) is 0 Å². The van der Waals surface area contributed by atoms with Gasteiger partial charge in [0, 0.05) is 31.7 Å². The van der Waals surface area contributed by atoms with Crippen LogP contribution in [-0.2, 0) is 6.54 Å². The van der Waals surface area contributed by atoms with Gasteiger partial charge in [0.25, 0.3) is 0 Å². The first-order chi connectivity index (χ1) is 9.28. The summed E-state index contributed by atoms with van der Waals surface area (Å²) in [6.45, 7) is 3.11. The van der Waals surface area contributed by atoms with Gasteiger partial charge in [0.05, 0.1) is 5.69 Å². The molecular weight excluding hydrogens is 236 g/mol. The zero-order valence-electron chi connectivity index (χ0n) is 12.0. The van der Waals surface area contributed by atoms with Gasteiger partial charge in [-0.05, 0) is 45.5 Å². The van der Waals surface area contributed by atoms with E-state index in [1.54, 1.807) is 0 Å². The quantitative estimate of drug-likeness (QED) is 0.892. The predicted octanol–water partition coefficient (Wildman–Crippen LogP) is 1.47. The number of hydrogen-bond acceptors (Lipinski definition) is 4. The van der Waals surface area contributed by atoms with Crippen molar-refractivity contribution in [1.29, 1.82) is 0 Å². The fourth-order valence-electron chi connectivity index (χ4n) is 3.44. The lowest BCUT2D eigenvalue weighted by atomic mass is 10.1. The van der Waals surface area contributed by atoms with Crippen molar-refractivity contribution in [3.8, 4) is 0 Å². The number of nitrogens with one attached hydrogen (secondary N) is 1. The molecule has 0 amide bonds. The maximum absolute atomic E-state index is 4.78. The second-order valence-electron chi connectivity index (χ2n) is 5.80. The van der Waals surface area contributed by atoms with Crippen LogP contribution in [0.1, 0.15) is 25.0 Å². The lowest BCUT2D eigenvalue weighted by Gasteiger charge is -2.27. The first kappa shape index (κ1) is 12.9. The van der Waals surface area contributed by atoms with E-state index in [9.17, 15) is 0 Å². The molecule has 1 N–H and O–H groups in total. The molecule has 0 saturated carbocycles. The first-order valence-corrected chi connectivity index (χ1v) is 7.35. The van der Waals surface area contributed by atoms with Crippen LogP contribution in [0.2, 0.25) is 0 Å². The van der Waals surface area contributed by atoms with Gasteiger partial charge in [-0.1, -0.05) is 6.07 Å². The Hall–Kier alpha value is -1.13. The van der Waals surface area contributed by atoms with Crippen LogP contribution < -0.4 is 10.2 Å². The maximum Gasteiger partial charge on any atom is 0.128 e. The molecule has 3 rings (SSSR count). The molecule has 104 valence electrons. The molecule has 1 aromatic rings. The Morgan fingerprint density at radius 3 is 2.95 bits per heavy atom. The van der Waals surface area contributed by atoms with E-state index in [1.165, 1.54) is 19.3 Å². The van der Waals surface area contributed by atoms with E-state index >= 15 is 0 Å². The molecule has 0 aliphatic carbocycles. The second kappa shape index (κ2) is 5.47. The normalized spacial score (nSPS) is 27.6. The number of pyridine rings is 1. The molecule has 3 heterocycles. The minimum absolute atomic E-state index is 0.710. The van der Waals surface area contributed by atoms with Crippen molar-refractivity contribution >= 4 is 5.82 Å². The van der Waals surface area contributed by atoms with E-state index in [4.69, 9.17) is 4.98 Å². The van der Waals surface area contributed by atoms with Gasteiger partial charge < -0.3 is 10.2 Å². The molecule has 2 aliphatic rings. The van der Waals surface area contributed by atoms with Crippen LogP contribution in [0.4, 0.5) is 5.82 Å². The average molecular weight is 260 g/mol. The van der Waals surface area contributed by atoms with Crippen LogP contribution >= 0.6 is 0 Å². The summed E-state index contributed by atoms with van der Waals surface area (Å²) in [5.74, 6) is 1.15. The minimum atomic E-state index is 0.710. The third-order valence-electron chi connectivity index (χ3n) is 4.62. The second-order valence-corrected chi connectivity index (χ2v) is 5.80. The summed E-state index contributed by atoms with van der Waals surface area (Å²) in [6, 6.07) is 7.87. The number of aromatic nitrogens is 1. The lowest BCUT2D eigenvalue weighted by Crippen LogP contribution is -2.37. The van der Waals surface area contributed by atoms with E-state index in [0.29, 0.717) is 6.04 Å². The highest BCUT2D eigenvalue weighted by molar-refractivity contribution is 5.40. The van der Waals surface area contributed by atoms with Crippen LogP contribution in [0.25, 0.3) is 0 Å². The number of hydrogen-bond donors (Lipinski definition) is 1. The summed E-state index contributed by atoms with van der Waals surface area (Å²) in [5.41, 5.74) is 1.13. The van der Waals surface area contributed by atoms with Gasteiger partial charge in [0.2, 0.25) is 0 Å². The van der Waals surface area contributed by atoms with Gasteiger partial charge in [0.15, 0.2) is 0 Å². The number of fused-ring (bicyclic) bond motifs is 2. The van der Waals surface area contributed by atoms with Crippen LogP contribution in [0.5, 0.6) is 0 Å². The number of likely N-dealkylation sites (N-methyl/N-ethyl adjacent to an activating group) is 1. The molecule has 4 nitrogen and oxygen atoms in total. The molecule has 2 saturated heterocycles. The molecule has 2 atom stereocenters. The Kier molecular flexibility index (Phi) is 3.71. The van der Waals surface area contributed by atoms with Gasteiger partial charge in [-0.25, -0.2) is 4.98 Å². The monoisotopic (exact) mass is 260 g/mol. The van der Waals surface area contributed by atoms with Crippen molar-refractivity contribution in [1.82, 2.24) is 15.2 Å². The SMILES string of the molecule is CNCc1cccc(N2CCC3CCC(C2)N3C)n1. The summed E-state index contributed by atoms with van der Waals surface area (Å²) >= 11 is 0. The minimum Gasteiger partial charge on any atom is -0.355 e. The van der Waals surface area contributed by atoms with Gasteiger partial charge in [-0.3, -0.25) is 4.90 Å². The smallest absolute Gasteiger partial charge is 0.128 e. The third kappa shape index (κ3) is 2.60. The van der Waals surface area contributed by atoms with E-state index in [2.05, 4.69) is 40.4 Å². The molecule has 0 radical (unpaired) electrons. The van der Waals surface area contributed by atoms with Crippen molar-refractivity contribution in [3.05, 3.63) is 23.9 Å². The Balaban J connectivity index is 1.77. The Labute approximate surface area is 115 Å². The van der Waals surface area contributed by atoms with E-state index < -0.39 is 0 Å². The zero-order valence-corrected chi connectivity index (χ0v) is 12.0. The molecule has 4 heteroatoms. The molecule has 2 unspecified atom stereocenters. The van der Waals surface area contributed by atoms with E-state index in [1.807, 2.05) is 7.05 Å². The summed E-state index contributed by atoms with van der Waals surface area (Å²) in [4.78, 5) is 9.83. The molecule has 19 heavy (non-hydrogen) atoms. The van der Waals surface area contributed by atoms with Crippen molar-refractivity contribution in [2.45, 2.75) is 37.9 Å². The van der Waals surface area contributed by atoms with Crippen molar-refractivity contribution in [2.24, 2.45) is 0 Å². The molecule has 2 bridgehead atoms. The standard InChI is InChI=1S/C15H24N4/c1-16-10-12-4-3-5-15(17-12)19-9-8-13-6-7-14(11-19)18(13)2/h3-5,13-14,16H,6-11H2,1-2H3. The van der Waals surface area contributed by atoms with Gasteiger partial charge >= 0.3 is 0 Å². The topological polar surface area (TPSA) is 31.4 Å². The summed E-state index contributed by atoms with van der Waals surface area (Å²) in [7, 11) is 4.25. The number of nitrogens with zero attached hydrogens (tertiary/aromatic N) is 3. The number of anilines is 1. The van der Waals surface area contributed by atoms with E-state index in [0.717, 1.165) is 37.2 Å². The van der Waals surface area contributed by atoms with Crippen LogP contribution in [0.3, 0.4) is 0 Å². The summed E-state index contributed by atoms with van der Waals surface area (Å²) in [5, 5.41) is 3.17. The van der Waals surface area contributed by atoms with Crippen molar-refractivity contribution in [2.75, 3.05) is 32.1 Å². The maximum atomic E-state index is 4.78. The first-order valence-electron chi connectivity index (χ1n) is 7.35. The van der Waals surface area contributed by atoms with Gasteiger partial charge in [0.1, 0.15) is 5.82 Å². The van der Waals surface area contributed by atoms with Crippen LogP contribution in [-0.4, -0.2) is 49.2 Å². The van der Waals surface area contributed by atoms with Crippen molar-refractivity contribution in [3.63, 3.8) is 0 Å². The highest BCUT2D eigenvalue weighted by atomic mass is 15.3. The van der Waals surface area contributed by atoms with Gasteiger partial charge in [-0.15, -0.1) is 0 Å². The van der Waals surface area contributed by atoms with Gasteiger partial charge in [-0.2, -0.15) is 0 Å². The third-order valence-corrected chi connectivity index (χ3v) is 4.62. The molecule has 2 fully saturated rings. The summed E-state index contributed by atoms with van der Waals surface area (Å²) in [6.07, 6.45) is 3.99. The molecule has 0 spiro atoms. The molecule has 1 aromatic heterocycles. The lowest BCUT2D eigenvalue weighted by molar-refractivity contribution is 0.254. The van der Waals surface area contributed by atoms with E-state index in [-0.39, 0.29) is 0 Å². The summed E-state index contributed by atoms with van der Waals surface area (Å²) < 4.78 is 0. The predicted molar refractivity (Wildman–Crippen MR) is 78.4 cm³/mol. The zero-order chi connectivity index (χ0) is 13.2. The van der Waals surface area contributed by atoms with Crippen LogP contribution in [0.15, 0.2) is 18.2 Å². The highest BCUT2D eigenvalue weighted by Gasteiger charge is 2.34. The molecule has 2 aliphatic heterocycles. The Morgan fingerprint density at radius 2 is 2.11 bits per heavy atom. The Morgan fingerprint density at radius 1 is 1.26 bits per heavy atom. The molecular formula is C15H24N4. The Bertz CT molecular complexity index is 434. The largest absolute Gasteiger partial charge is 0.355 e. The van der Waals surface area contributed by atoms with Crippen molar-refractivity contribution < 1.29 is 0 Å². The average Bonchev–Trinajstić information content (AvgIpc) is 2.64. The fourth-order valence-corrected chi connectivity index (χ4v) is 3.44. The fraction of sp³-hybridized carbons (Fsp3) is 0.667. The molecule has 0 aromatic carbocycles. The highest BCUT2D eigenvalue weighted by Crippen LogP contribution is 2.30. The number of rotatable bonds is 3.